The Bertz CT molecular complexity index is 605. The molecule has 3 rings (SSSR count). The van der Waals surface area contributed by atoms with E-state index in [-0.39, 0.29) is 24.2 Å². The summed E-state index contributed by atoms with van der Waals surface area (Å²) in [4.78, 5) is 29.3. The zero-order valence-electron chi connectivity index (χ0n) is 18.1. The molecule has 0 atom stereocenters. The number of carbonyl (C=O) groups excluding carboxylic acids is 2. The minimum atomic E-state index is -0.102. The second-order valence-corrected chi connectivity index (χ2v) is 7.70. The Hall–Kier alpha value is -1.71. The van der Waals surface area contributed by atoms with Crippen LogP contribution in [-0.4, -0.2) is 100 Å². The lowest BCUT2D eigenvalue weighted by molar-refractivity contribution is 0.0373. The van der Waals surface area contributed by atoms with Gasteiger partial charge < -0.3 is 20.1 Å². The lowest BCUT2D eigenvalue weighted by Crippen LogP contribution is -2.38. The van der Waals surface area contributed by atoms with Gasteiger partial charge in [0, 0.05) is 50.4 Å². The fourth-order valence-electron chi connectivity index (χ4n) is 3.64. The van der Waals surface area contributed by atoms with Gasteiger partial charge in [-0.05, 0) is 50.2 Å². The molecule has 0 aliphatic carbocycles. The molecule has 1 aromatic carbocycles. The highest BCUT2D eigenvalue weighted by molar-refractivity contribution is 5.97. The summed E-state index contributed by atoms with van der Waals surface area (Å²) >= 11 is 0. The fraction of sp³-hybridized carbons (Fsp3) is 0.636. The number of nitrogens with zero attached hydrogens (tertiary/aromatic N) is 2. The van der Waals surface area contributed by atoms with Crippen molar-refractivity contribution in [2.24, 2.45) is 0 Å². The van der Waals surface area contributed by atoms with Crippen molar-refractivity contribution in [1.82, 2.24) is 20.4 Å². The Labute approximate surface area is 191 Å². The Morgan fingerprint density at radius 1 is 0.710 bits per heavy atom. The third-order valence-corrected chi connectivity index (χ3v) is 5.49. The highest BCUT2D eigenvalue weighted by Crippen LogP contribution is 2.05. The van der Waals surface area contributed by atoms with Crippen molar-refractivity contribution in [2.75, 3.05) is 78.8 Å². The van der Waals surface area contributed by atoms with E-state index in [1.165, 1.54) is 0 Å². The highest BCUT2D eigenvalue weighted by Gasteiger charge is 2.12. The molecule has 1 aromatic rings. The number of halogens is 1. The standard InChI is InChI=1S/C22H34N4O4.ClH/c27-21(23-7-1-9-25-11-15-29-16-12-25)19-3-5-20(6-4-19)22(28)24-8-2-10-26-13-17-30-18-14-26;/h3-6H,1-2,7-18H2,(H,23,27)(H,24,28);1H. The molecule has 0 aromatic heterocycles. The Morgan fingerprint density at radius 2 is 1.06 bits per heavy atom. The van der Waals surface area contributed by atoms with Crippen LogP contribution in [0.2, 0.25) is 0 Å². The lowest BCUT2D eigenvalue weighted by Gasteiger charge is -2.26. The lowest BCUT2D eigenvalue weighted by atomic mass is 10.1. The molecule has 174 valence electrons. The van der Waals surface area contributed by atoms with Crippen LogP contribution in [0.5, 0.6) is 0 Å². The molecule has 9 heteroatoms. The van der Waals surface area contributed by atoms with Gasteiger partial charge in [-0.25, -0.2) is 0 Å². The van der Waals surface area contributed by atoms with Gasteiger partial charge in [0.15, 0.2) is 0 Å². The van der Waals surface area contributed by atoms with Gasteiger partial charge in [0.2, 0.25) is 0 Å². The number of benzene rings is 1. The Morgan fingerprint density at radius 3 is 1.42 bits per heavy atom. The molecule has 0 spiro atoms. The average molecular weight is 455 g/mol. The van der Waals surface area contributed by atoms with E-state index >= 15 is 0 Å². The number of ether oxygens (including phenoxy) is 2. The van der Waals surface area contributed by atoms with Gasteiger partial charge in [-0.15, -0.1) is 12.4 Å². The van der Waals surface area contributed by atoms with Crippen molar-refractivity contribution in [3.8, 4) is 0 Å². The van der Waals surface area contributed by atoms with Crippen LogP contribution in [0.15, 0.2) is 24.3 Å². The van der Waals surface area contributed by atoms with Crippen LogP contribution in [0.25, 0.3) is 0 Å². The molecule has 2 heterocycles. The fourth-order valence-corrected chi connectivity index (χ4v) is 3.64. The third kappa shape index (κ3) is 9.13. The summed E-state index contributed by atoms with van der Waals surface area (Å²) in [5, 5.41) is 5.90. The van der Waals surface area contributed by atoms with Crippen LogP contribution in [-0.2, 0) is 9.47 Å². The van der Waals surface area contributed by atoms with E-state index in [1.54, 1.807) is 24.3 Å². The van der Waals surface area contributed by atoms with Crippen LogP contribution in [0.3, 0.4) is 0 Å². The maximum Gasteiger partial charge on any atom is 0.251 e. The molecule has 0 bridgehead atoms. The Balaban J connectivity index is 0.00000341. The van der Waals surface area contributed by atoms with E-state index in [4.69, 9.17) is 9.47 Å². The molecule has 2 saturated heterocycles. The van der Waals surface area contributed by atoms with Crippen molar-refractivity contribution in [3.05, 3.63) is 35.4 Å². The van der Waals surface area contributed by atoms with Gasteiger partial charge in [-0.3, -0.25) is 19.4 Å². The maximum absolute atomic E-state index is 12.3. The highest BCUT2D eigenvalue weighted by atomic mass is 35.5. The van der Waals surface area contributed by atoms with Gasteiger partial charge in [0.25, 0.3) is 11.8 Å². The SMILES string of the molecule is Cl.O=C(NCCCN1CCOCC1)c1ccc(C(=O)NCCCN2CCOCC2)cc1. The number of nitrogens with one attached hydrogen (secondary N) is 2. The van der Waals surface area contributed by atoms with Crippen LogP contribution >= 0.6 is 12.4 Å². The third-order valence-electron chi connectivity index (χ3n) is 5.49. The maximum atomic E-state index is 12.3. The molecule has 8 nitrogen and oxygen atoms in total. The van der Waals surface area contributed by atoms with E-state index in [1.807, 2.05) is 0 Å². The average Bonchev–Trinajstić information content (AvgIpc) is 2.81. The second kappa shape index (κ2) is 14.4. The van der Waals surface area contributed by atoms with E-state index in [2.05, 4.69) is 20.4 Å². The minimum absolute atomic E-state index is 0. The molecule has 2 N–H and O–H groups in total. The summed E-state index contributed by atoms with van der Waals surface area (Å²) in [6.07, 6.45) is 1.83. The van der Waals surface area contributed by atoms with Crippen molar-refractivity contribution < 1.29 is 19.1 Å². The molecule has 2 amide bonds. The number of morpholine rings is 2. The van der Waals surface area contributed by atoms with Crippen molar-refractivity contribution in [1.29, 1.82) is 0 Å². The molecule has 0 saturated carbocycles. The second-order valence-electron chi connectivity index (χ2n) is 7.70. The molecule has 2 aliphatic rings. The predicted molar refractivity (Wildman–Crippen MR) is 122 cm³/mol. The van der Waals surface area contributed by atoms with Crippen molar-refractivity contribution in [3.63, 3.8) is 0 Å². The summed E-state index contributed by atoms with van der Waals surface area (Å²) in [6.45, 7) is 10.2. The van der Waals surface area contributed by atoms with Gasteiger partial charge in [0.05, 0.1) is 26.4 Å². The summed E-state index contributed by atoms with van der Waals surface area (Å²) in [7, 11) is 0. The molecular weight excluding hydrogens is 420 g/mol. The van der Waals surface area contributed by atoms with Gasteiger partial charge in [-0.2, -0.15) is 0 Å². The number of hydrogen-bond acceptors (Lipinski definition) is 6. The van der Waals surface area contributed by atoms with Crippen LogP contribution in [0.1, 0.15) is 33.6 Å². The first-order chi connectivity index (χ1) is 14.7. The summed E-state index contributed by atoms with van der Waals surface area (Å²) in [5.41, 5.74) is 1.15. The predicted octanol–water partition coefficient (Wildman–Crippen LogP) is 1.01. The van der Waals surface area contributed by atoms with Gasteiger partial charge >= 0.3 is 0 Å². The Kier molecular flexibility index (Phi) is 11.8. The van der Waals surface area contributed by atoms with Gasteiger partial charge in [0.1, 0.15) is 0 Å². The molecule has 0 unspecified atom stereocenters. The zero-order valence-corrected chi connectivity index (χ0v) is 19.0. The largest absolute Gasteiger partial charge is 0.379 e. The first kappa shape index (κ1) is 25.5. The normalized spacial score (nSPS) is 17.5. The molecule has 2 aliphatic heterocycles. The van der Waals surface area contributed by atoms with Crippen molar-refractivity contribution >= 4 is 24.2 Å². The summed E-state index contributed by atoms with van der Waals surface area (Å²) < 4.78 is 10.7. The number of hydrogen-bond donors (Lipinski definition) is 2. The first-order valence-electron chi connectivity index (χ1n) is 11.0. The van der Waals surface area contributed by atoms with Crippen LogP contribution < -0.4 is 10.6 Å². The quantitative estimate of drug-likeness (QED) is 0.513. The zero-order chi connectivity index (χ0) is 21.0. The van der Waals surface area contributed by atoms with Gasteiger partial charge in [-0.1, -0.05) is 0 Å². The number of rotatable bonds is 10. The van der Waals surface area contributed by atoms with Crippen LogP contribution in [0.4, 0.5) is 0 Å². The smallest absolute Gasteiger partial charge is 0.251 e. The minimum Gasteiger partial charge on any atom is -0.379 e. The van der Waals surface area contributed by atoms with Crippen molar-refractivity contribution in [2.45, 2.75) is 12.8 Å². The summed E-state index contributed by atoms with van der Waals surface area (Å²) in [5.74, 6) is -0.205. The summed E-state index contributed by atoms with van der Waals surface area (Å²) in [6, 6.07) is 6.83. The molecule has 0 radical (unpaired) electrons. The van der Waals surface area contributed by atoms with Crippen LogP contribution in [0, 0.1) is 0 Å². The van der Waals surface area contributed by atoms with E-state index in [9.17, 15) is 9.59 Å². The topological polar surface area (TPSA) is 83.1 Å². The molecule has 2 fully saturated rings. The number of carbonyl (C=O) groups is 2. The molecule has 31 heavy (non-hydrogen) atoms. The monoisotopic (exact) mass is 454 g/mol. The number of amides is 2. The first-order valence-corrected chi connectivity index (χ1v) is 11.0. The van der Waals surface area contributed by atoms with E-state index in [0.717, 1.165) is 78.5 Å². The van der Waals surface area contributed by atoms with E-state index < -0.39 is 0 Å². The molecular formula is C22H35ClN4O4. The van der Waals surface area contributed by atoms with E-state index in [0.29, 0.717) is 24.2 Å².